The number of benzene rings is 1. The summed E-state index contributed by atoms with van der Waals surface area (Å²) in [6.07, 6.45) is 13.0. The maximum absolute atomic E-state index is 13.4. The number of terminal acetylenes is 1. The van der Waals surface area contributed by atoms with Gasteiger partial charge >= 0.3 is 6.09 Å². The van der Waals surface area contributed by atoms with Gasteiger partial charge in [-0.25, -0.2) is 4.79 Å². The van der Waals surface area contributed by atoms with Crippen molar-refractivity contribution < 1.29 is 14.3 Å². The van der Waals surface area contributed by atoms with Crippen molar-refractivity contribution in [2.75, 3.05) is 31.5 Å². The van der Waals surface area contributed by atoms with Crippen LogP contribution in [0.3, 0.4) is 0 Å². The lowest BCUT2D eigenvalue weighted by Gasteiger charge is -2.38. The Labute approximate surface area is 273 Å². The van der Waals surface area contributed by atoms with Gasteiger partial charge < -0.3 is 14.5 Å². The summed E-state index contributed by atoms with van der Waals surface area (Å²) in [6, 6.07) is 3.83. The molecule has 0 aromatic heterocycles. The molecular weight excluding hydrogens is 682 g/mol. The van der Waals surface area contributed by atoms with Gasteiger partial charge in [0.05, 0.1) is 5.70 Å². The first-order valence-electron chi connectivity index (χ1n) is 14.5. The Morgan fingerprint density at radius 3 is 2.36 bits per heavy atom. The average molecular weight is 724 g/mol. The van der Waals surface area contributed by atoms with Gasteiger partial charge in [-0.3, -0.25) is 9.79 Å². The highest BCUT2D eigenvalue weighted by molar-refractivity contribution is 9.10. The monoisotopic (exact) mass is 721 g/mol. The molecule has 42 heavy (non-hydrogen) atoms. The second-order valence-electron chi connectivity index (χ2n) is 12.0. The molecule has 2 amide bonds. The molecule has 0 aliphatic carbocycles. The second kappa shape index (κ2) is 15.6. The van der Waals surface area contributed by atoms with Crippen LogP contribution < -0.4 is 0 Å². The van der Waals surface area contributed by atoms with Gasteiger partial charge in [-0.15, -0.1) is 6.42 Å². The third-order valence-corrected chi connectivity index (χ3v) is 9.11. The van der Waals surface area contributed by atoms with Crippen LogP contribution in [0.5, 0.6) is 0 Å². The molecule has 2 saturated heterocycles. The summed E-state index contributed by atoms with van der Waals surface area (Å²) in [4.78, 5) is 34.4. The number of amides is 2. The minimum atomic E-state index is -0.512. The molecule has 0 N–H and O–H groups in total. The Morgan fingerprint density at radius 2 is 1.81 bits per heavy atom. The van der Waals surface area contributed by atoms with Crippen molar-refractivity contribution in [1.29, 1.82) is 0 Å². The van der Waals surface area contributed by atoms with Crippen LogP contribution in [0.2, 0.25) is 5.02 Å². The summed E-state index contributed by atoms with van der Waals surface area (Å²) in [6.45, 7) is 14.2. The largest absolute Gasteiger partial charge is 0.444 e. The van der Waals surface area contributed by atoms with Gasteiger partial charge in [-0.2, -0.15) is 0 Å². The van der Waals surface area contributed by atoms with E-state index in [-0.39, 0.29) is 29.8 Å². The van der Waals surface area contributed by atoms with E-state index < -0.39 is 5.60 Å². The van der Waals surface area contributed by atoms with Gasteiger partial charge in [-0.1, -0.05) is 62.0 Å². The molecule has 1 aromatic rings. The van der Waals surface area contributed by atoms with E-state index in [0.29, 0.717) is 43.0 Å². The van der Waals surface area contributed by atoms with Gasteiger partial charge in [0.15, 0.2) is 0 Å². The number of rotatable bonds is 8. The van der Waals surface area contributed by atoms with Crippen molar-refractivity contribution in [2.24, 2.45) is 16.8 Å². The zero-order valence-electron chi connectivity index (χ0n) is 25.1. The van der Waals surface area contributed by atoms with Crippen molar-refractivity contribution in [3.8, 4) is 12.3 Å². The number of nitrogens with zero attached hydrogens (tertiary/aromatic N) is 3. The van der Waals surface area contributed by atoms with Crippen LogP contribution in [0.1, 0.15) is 76.8 Å². The van der Waals surface area contributed by atoms with Crippen LogP contribution in [0.25, 0.3) is 6.08 Å². The van der Waals surface area contributed by atoms with Crippen LogP contribution in [0.4, 0.5) is 4.79 Å². The maximum Gasteiger partial charge on any atom is 0.410 e. The fraction of sp³-hybridized carbons (Fsp3) is 0.545. The number of halogens is 3. The molecule has 1 atom stereocenters. The van der Waals surface area contributed by atoms with E-state index in [1.807, 2.05) is 57.0 Å². The molecule has 2 aliphatic rings. The molecule has 0 bridgehead atoms. The first-order valence-corrected chi connectivity index (χ1v) is 16.8. The van der Waals surface area contributed by atoms with Gasteiger partial charge in [-0.05, 0) is 88.5 Å². The van der Waals surface area contributed by atoms with Crippen molar-refractivity contribution >= 4 is 67.8 Å². The lowest BCUT2D eigenvalue weighted by Crippen LogP contribution is -2.44. The van der Waals surface area contributed by atoms with Gasteiger partial charge in [0.1, 0.15) is 5.60 Å². The van der Waals surface area contributed by atoms with E-state index >= 15 is 0 Å². The average Bonchev–Trinajstić information content (AvgIpc) is 2.94. The molecule has 2 heterocycles. The minimum Gasteiger partial charge on any atom is -0.444 e. The topological polar surface area (TPSA) is 62.2 Å². The number of carbonyl (C=O) groups is 2. The van der Waals surface area contributed by atoms with Gasteiger partial charge in [0.25, 0.3) is 0 Å². The van der Waals surface area contributed by atoms with Crippen molar-refractivity contribution in [1.82, 2.24) is 9.80 Å². The molecule has 0 spiro atoms. The number of hydrogen-bond donors (Lipinski definition) is 0. The summed E-state index contributed by atoms with van der Waals surface area (Å²) in [5.41, 5.74) is 3.12. The van der Waals surface area contributed by atoms with Crippen molar-refractivity contribution in [3.05, 3.63) is 50.6 Å². The molecule has 1 unspecified atom stereocenters. The highest BCUT2D eigenvalue weighted by Gasteiger charge is 2.35. The predicted octanol–water partition coefficient (Wildman–Crippen LogP) is 8.48. The smallest absolute Gasteiger partial charge is 0.410 e. The molecule has 9 heteroatoms. The lowest BCUT2D eigenvalue weighted by molar-refractivity contribution is -0.134. The SMILES string of the molecule is C#C/C(C)=C(\N=CCBr)C(c1c(Br)cc(Cl)cc1C=C)C1CCN(C(=O)CC2CCN(C(=O)OC(C)(C)C)CC2)CC1. The van der Waals surface area contributed by atoms with Crippen LogP contribution in [0.15, 0.2) is 39.4 Å². The molecule has 0 saturated carbocycles. The van der Waals surface area contributed by atoms with E-state index in [1.54, 1.807) is 4.90 Å². The fourth-order valence-corrected chi connectivity index (χ4v) is 7.04. The van der Waals surface area contributed by atoms with Crippen LogP contribution in [-0.4, -0.2) is 65.1 Å². The highest BCUT2D eigenvalue weighted by Crippen LogP contribution is 2.45. The van der Waals surface area contributed by atoms with Gasteiger partial charge in [0.2, 0.25) is 5.91 Å². The van der Waals surface area contributed by atoms with Crippen LogP contribution >= 0.6 is 43.5 Å². The Morgan fingerprint density at radius 1 is 1.19 bits per heavy atom. The van der Waals surface area contributed by atoms with E-state index in [1.165, 1.54) is 0 Å². The molecular formula is C33H42Br2ClN3O3. The first kappa shape index (κ1) is 34.4. The Hall–Kier alpha value is -2.08. The van der Waals surface area contributed by atoms with Crippen molar-refractivity contribution in [2.45, 2.75) is 71.3 Å². The Balaban J connectivity index is 1.72. The van der Waals surface area contributed by atoms with Gasteiger partial charge in [0, 0.05) is 65.1 Å². The molecule has 0 radical (unpaired) electrons. The zero-order valence-corrected chi connectivity index (χ0v) is 29.0. The zero-order chi connectivity index (χ0) is 31.0. The standard InChI is InChI=1S/C33H42Br2ClN3O3/c1-7-22(3)31(37-14-13-34)30(29-24(8-2)20-26(36)21-27(29)35)25-11-17-38(18-12-25)28(40)19-23-9-15-39(16-10-23)32(41)42-33(4,5)6/h1,8,14,20-21,23,25,30H,2,9-13,15-19H2,3-6H3/b31-22-,37-14?. The number of piperidine rings is 2. The molecule has 3 rings (SSSR count). The summed E-state index contributed by atoms with van der Waals surface area (Å²) in [5, 5.41) is 1.24. The molecule has 228 valence electrons. The first-order chi connectivity index (χ1) is 19.9. The van der Waals surface area contributed by atoms with E-state index in [4.69, 9.17) is 27.8 Å². The normalized spacial score (nSPS) is 18.4. The number of ether oxygens (including phenoxy) is 1. The third-order valence-electron chi connectivity index (χ3n) is 7.95. The number of alkyl halides is 1. The van der Waals surface area contributed by atoms with Crippen LogP contribution in [-0.2, 0) is 9.53 Å². The minimum absolute atomic E-state index is 0.0922. The molecule has 1 aromatic carbocycles. The Bertz CT molecular complexity index is 1250. The quantitative estimate of drug-likeness (QED) is 0.154. The molecule has 6 nitrogen and oxygen atoms in total. The summed E-state index contributed by atoms with van der Waals surface area (Å²) >= 11 is 13.6. The third kappa shape index (κ3) is 9.21. The molecule has 2 fully saturated rings. The Kier molecular flexibility index (Phi) is 12.8. The molecule has 2 aliphatic heterocycles. The van der Waals surface area contributed by atoms with E-state index in [0.717, 1.165) is 52.6 Å². The summed E-state index contributed by atoms with van der Waals surface area (Å²) in [5.74, 6) is 3.39. The lowest BCUT2D eigenvalue weighted by atomic mass is 9.75. The van der Waals surface area contributed by atoms with E-state index in [2.05, 4.69) is 44.4 Å². The maximum atomic E-state index is 13.4. The van der Waals surface area contributed by atoms with Crippen molar-refractivity contribution in [3.63, 3.8) is 0 Å². The number of hydrogen-bond acceptors (Lipinski definition) is 4. The van der Waals surface area contributed by atoms with Crippen LogP contribution in [0, 0.1) is 24.2 Å². The number of aliphatic imine (C=N–C) groups is 1. The number of carbonyl (C=O) groups excluding carboxylic acids is 2. The number of likely N-dealkylation sites (tertiary alicyclic amines) is 2. The fourth-order valence-electron chi connectivity index (χ4n) is 5.82. The van der Waals surface area contributed by atoms with E-state index in [9.17, 15) is 9.59 Å². The number of allylic oxidation sites excluding steroid dienone is 2. The highest BCUT2D eigenvalue weighted by atomic mass is 79.9. The summed E-state index contributed by atoms with van der Waals surface area (Å²) < 4.78 is 6.40. The predicted molar refractivity (Wildman–Crippen MR) is 180 cm³/mol. The summed E-state index contributed by atoms with van der Waals surface area (Å²) in [7, 11) is 0. The second-order valence-corrected chi connectivity index (χ2v) is 14.0.